The number of hydrogen-bond acceptors (Lipinski definition) is 4. The molecule has 18 heavy (non-hydrogen) atoms. The maximum absolute atomic E-state index is 11.6. The predicted octanol–water partition coefficient (Wildman–Crippen LogP) is 2.42. The summed E-state index contributed by atoms with van der Waals surface area (Å²) in [6, 6.07) is 0. The number of carbonyl (C=O) groups excluding carboxylic acids is 1. The minimum absolute atomic E-state index is 0.245. The van der Waals surface area contributed by atoms with Crippen LogP contribution < -0.4 is 5.73 Å². The van der Waals surface area contributed by atoms with Crippen molar-refractivity contribution in [1.82, 2.24) is 0 Å². The molecule has 2 N–H and O–H groups in total. The van der Waals surface area contributed by atoms with Crippen molar-refractivity contribution >= 4 is 5.97 Å². The number of hydrogen-bond donors (Lipinski definition) is 1. The quantitative estimate of drug-likeness (QED) is 0.509. The van der Waals surface area contributed by atoms with Crippen LogP contribution in [0.5, 0.6) is 0 Å². The van der Waals surface area contributed by atoms with Crippen LogP contribution in [0.25, 0.3) is 0 Å². The van der Waals surface area contributed by atoms with Crippen LogP contribution in [-0.2, 0) is 14.3 Å². The third-order valence-corrected chi connectivity index (χ3v) is 2.83. The number of esters is 1. The van der Waals surface area contributed by atoms with Crippen LogP contribution in [-0.4, -0.2) is 30.3 Å². The predicted molar refractivity (Wildman–Crippen MR) is 73.3 cm³/mol. The second-order valence-corrected chi connectivity index (χ2v) is 5.54. The third kappa shape index (κ3) is 8.25. The van der Waals surface area contributed by atoms with E-state index in [2.05, 4.69) is 6.58 Å². The Morgan fingerprint density at radius 3 is 2.44 bits per heavy atom. The summed E-state index contributed by atoms with van der Waals surface area (Å²) in [6.07, 6.45) is 3.31. The second-order valence-electron chi connectivity index (χ2n) is 5.54. The molecule has 0 aromatic carbocycles. The largest absolute Gasteiger partial charge is 0.461 e. The van der Waals surface area contributed by atoms with Gasteiger partial charge in [-0.3, -0.25) is 4.79 Å². The average Bonchev–Trinajstić information content (AvgIpc) is 2.24. The molecule has 0 fully saturated rings. The summed E-state index contributed by atoms with van der Waals surface area (Å²) < 4.78 is 10.8. The highest BCUT2D eigenvalue weighted by Gasteiger charge is 2.27. The second kappa shape index (κ2) is 7.54. The van der Waals surface area contributed by atoms with E-state index < -0.39 is 5.60 Å². The Labute approximate surface area is 111 Å². The molecule has 0 saturated carbocycles. The first-order valence-electron chi connectivity index (χ1n) is 6.42. The van der Waals surface area contributed by atoms with Gasteiger partial charge in [-0.1, -0.05) is 19.6 Å². The Morgan fingerprint density at radius 2 is 2.00 bits per heavy atom. The van der Waals surface area contributed by atoms with Crippen molar-refractivity contribution in [2.24, 2.45) is 5.73 Å². The standard InChI is InChI=1S/C14H27NO3/c1-6-9-17-12(16)11-14(5,7-2)18-10-8-13(3,4)15/h6H,1,7-11,15H2,2-5H3. The zero-order valence-electron chi connectivity index (χ0n) is 12.1. The molecule has 0 rings (SSSR count). The van der Waals surface area contributed by atoms with Crippen LogP contribution >= 0.6 is 0 Å². The van der Waals surface area contributed by atoms with E-state index in [9.17, 15) is 4.79 Å². The summed E-state index contributed by atoms with van der Waals surface area (Å²) in [5.41, 5.74) is 5.16. The monoisotopic (exact) mass is 257 g/mol. The van der Waals surface area contributed by atoms with Gasteiger partial charge in [0.1, 0.15) is 6.61 Å². The van der Waals surface area contributed by atoms with Gasteiger partial charge in [0.25, 0.3) is 0 Å². The van der Waals surface area contributed by atoms with E-state index in [0.717, 1.165) is 12.8 Å². The van der Waals surface area contributed by atoms with Crippen molar-refractivity contribution in [1.29, 1.82) is 0 Å². The molecule has 0 aliphatic heterocycles. The van der Waals surface area contributed by atoms with Gasteiger partial charge in [0.05, 0.1) is 12.0 Å². The number of nitrogens with two attached hydrogens (primary N) is 1. The topological polar surface area (TPSA) is 61.5 Å². The third-order valence-electron chi connectivity index (χ3n) is 2.83. The number of rotatable bonds is 9. The molecule has 0 aromatic heterocycles. The minimum Gasteiger partial charge on any atom is -0.461 e. The molecule has 0 bridgehead atoms. The lowest BCUT2D eigenvalue weighted by atomic mass is 9.98. The molecule has 0 aliphatic rings. The van der Waals surface area contributed by atoms with Crippen molar-refractivity contribution in [3.8, 4) is 0 Å². The summed E-state index contributed by atoms with van der Waals surface area (Å²) in [4.78, 5) is 11.6. The van der Waals surface area contributed by atoms with Gasteiger partial charge >= 0.3 is 5.97 Å². The van der Waals surface area contributed by atoms with Gasteiger partial charge in [-0.25, -0.2) is 0 Å². The molecular formula is C14H27NO3. The maximum atomic E-state index is 11.6. The fourth-order valence-electron chi connectivity index (χ4n) is 1.35. The van der Waals surface area contributed by atoms with Crippen molar-refractivity contribution < 1.29 is 14.3 Å². The fourth-order valence-corrected chi connectivity index (χ4v) is 1.35. The maximum Gasteiger partial charge on any atom is 0.309 e. The Morgan fingerprint density at radius 1 is 1.39 bits per heavy atom. The van der Waals surface area contributed by atoms with Crippen molar-refractivity contribution in [2.75, 3.05) is 13.2 Å². The molecule has 0 aliphatic carbocycles. The van der Waals surface area contributed by atoms with Crippen molar-refractivity contribution in [2.45, 2.75) is 58.1 Å². The summed E-state index contributed by atoms with van der Waals surface area (Å²) in [6.45, 7) is 12.1. The lowest BCUT2D eigenvalue weighted by Crippen LogP contribution is -2.37. The van der Waals surface area contributed by atoms with E-state index in [0.29, 0.717) is 6.61 Å². The number of carbonyl (C=O) groups is 1. The van der Waals surface area contributed by atoms with Gasteiger partial charge in [-0.15, -0.1) is 0 Å². The molecule has 0 spiro atoms. The average molecular weight is 257 g/mol. The molecule has 0 radical (unpaired) electrons. The fraction of sp³-hybridized carbons (Fsp3) is 0.786. The summed E-state index contributed by atoms with van der Waals surface area (Å²) in [5.74, 6) is -0.258. The molecular weight excluding hydrogens is 230 g/mol. The highest BCUT2D eigenvalue weighted by atomic mass is 16.5. The zero-order valence-corrected chi connectivity index (χ0v) is 12.1. The molecule has 4 nitrogen and oxygen atoms in total. The van der Waals surface area contributed by atoms with Crippen LogP contribution in [0.15, 0.2) is 12.7 Å². The molecule has 1 atom stereocenters. The highest BCUT2D eigenvalue weighted by molar-refractivity contribution is 5.70. The molecule has 0 aromatic rings. The van der Waals surface area contributed by atoms with Gasteiger partial charge in [0.2, 0.25) is 0 Å². The molecule has 106 valence electrons. The highest BCUT2D eigenvalue weighted by Crippen LogP contribution is 2.21. The lowest BCUT2D eigenvalue weighted by molar-refractivity contribution is -0.150. The first-order valence-corrected chi connectivity index (χ1v) is 6.42. The molecule has 0 saturated heterocycles. The minimum atomic E-state index is -0.483. The van der Waals surface area contributed by atoms with Gasteiger partial charge in [-0.05, 0) is 33.6 Å². The van der Waals surface area contributed by atoms with Gasteiger partial charge in [-0.2, -0.15) is 0 Å². The van der Waals surface area contributed by atoms with Crippen LogP contribution in [0, 0.1) is 0 Å². The Kier molecular flexibility index (Phi) is 7.18. The van der Waals surface area contributed by atoms with Crippen LogP contribution in [0.1, 0.15) is 47.0 Å². The van der Waals surface area contributed by atoms with E-state index >= 15 is 0 Å². The van der Waals surface area contributed by atoms with Gasteiger partial charge < -0.3 is 15.2 Å². The normalized spacial score (nSPS) is 14.9. The Hall–Kier alpha value is -0.870. The van der Waals surface area contributed by atoms with Crippen LogP contribution in [0.4, 0.5) is 0 Å². The molecule has 0 amide bonds. The number of ether oxygens (including phenoxy) is 2. The van der Waals surface area contributed by atoms with Crippen molar-refractivity contribution in [3.05, 3.63) is 12.7 Å². The molecule has 1 unspecified atom stereocenters. The van der Waals surface area contributed by atoms with Crippen LogP contribution in [0.2, 0.25) is 0 Å². The van der Waals surface area contributed by atoms with Crippen molar-refractivity contribution in [3.63, 3.8) is 0 Å². The van der Waals surface area contributed by atoms with E-state index in [1.807, 2.05) is 27.7 Å². The zero-order chi connectivity index (χ0) is 14.2. The Bertz CT molecular complexity index is 271. The molecule has 0 heterocycles. The summed E-state index contributed by atoms with van der Waals surface area (Å²) in [7, 11) is 0. The van der Waals surface area contributed by atoms with Crippen LogP contribution in [0.3, 0.4) is 0 Å². The first-order chi connectivity index (χ1) is 8.22. The van der Waals surface area contributed by atoms with E-state index in [-0.39, 0.29) is 24.5 Å². The van der Waals surface area contributed by atoms with E-state index in [4.69, 9.17) is 15.2 Å². The lowest BCUT2D eigenvalue weighted by Gasteiger charge is -2.29. The SMILES string of the molecule is C=CCOC(=O)CC(C)(CC)OCCC(C)(C)N. The Balaban J connectivity index is 4.17. The van der Waals surface area contributed by atoms with Gasteiger partial charge in [0.15, 0.2) is 0 Å². The summed E-state index contributed by atoms with van der Waals surface area (Å²) in [5, 5.41) is 0. The smallest absolute Gasteiger partial charge is 0.309 e. The van der Waals surface area contributed by atoms with E-state index in [1.54, 1.807) is 6.08 Å². The van der Waals surface area contributed by atoms with E-state index in [1.165, 1.54) is 0 Å². The summed E-state index contributed by atoms with van der Waals surface area (Å²) >= 11 is 0. The first kappa shape index (κ1) is 17.1. The van der Waals surface area contributed by atoms with Gasteiger partial charge in [0, 0.05) is 12.1 Å². The molecule has 4 heteroatoms.